The first kappa shape index (κ1) is 19.0. The molecule has 2 rings (SSSR count). The summed E-state index contributed by atoms with van der Waals surface area (Å²) >= 11 is 12.5. The number of aromatic nitrogens is 1. The molecule has 132 valence electrons. The first-order valence-corrected chi connectivity index (χ1v) is 8.15. The fourth-order valence-electron chi connectivity index (χ4n) is 2.36. The second-order valence-corrected chi connectivity index (χ2v) is 6.02. The van der Waals surface area contributed by atoms with Gasteiger partial charge >= 0.3 is 5.97 Å². The van der Waals surface area contributed by atoms with Crippen LogP contribution in [0.5, 0.6) is 5.75 Å². The molecule has 25 heavy (non-hydrogen) atoms. The summed E-state index contributed by atoms with van der Waals surface area (Å²) in [5, 5.41) is 8.98. The fourth-order valence-corrected chi connectivity index (χ4v) is 2.83. The number of amides is 1. The van der Waals surface area contributed by atoms with E-state index in [1.807, 2.05) is 6.92 Å². The van der Waals surface area contributed by atoms with Crippen LogP contribution in [0.25, 0.3) is 11.3 Å². The standard InChI is InChI=1S/C17H16Cl2N2O4/c1-3-9-6-11(17(20)24)8(2)21-16(9)10-4-5-12(15(19)14(10)18)25-7-13(22)23/h4-6H,3,7H2,1-2H3,(H2,20,24)(H,22,23). The van der Waals surface area contributed by atoms with Gasteiger partial charge in [0.15, 0.2) is 6.61 Å². The number of nitrogens with two attached hydrogens (primary N) is 1. The zero-order chi connectivity index (χ0) is 18.7. The second kappa shape index (κ2) is 7.72. The molecule has 0 fully saturated rings. The normalized spacial score (nSPS) is 10.6. The van der Waals surface area contributed by atoms with Gasteiger partial charge in [-0.2, -0.15) is 0 Å². The average Bonchev–Trinajstić information content (AvgIpc) is 2.55. The van der Waals surface area contributed by atoms with Gasteiger partial charge in [0, 0.05) is 5.56 Å². The minimum Gasteiger partial charge on any atom is -0.480 e. The molecule has 0 atom stereocenters. The van der Waals surface area contributed by atoms with Crippen molar-refractivity contribution in [2.45, 2.75) is 20.3 Å². The molecule has 0 saturated heterocycles. The lowest BCUT2D eigenvalue weighted by molar-refractivity contribution is -0.139. The van der Waals surface area contributed by atoms with E-state index in [4.69, 9.17) is 38.8 Å². The van der Waals surface area contributed by atoms with Gasteiger partial charge in [0.1, 0.15) is 10.8 Å². The van der Waals surface area contributed by atoms with Crippen LogP contribution in [0.3, 0.4) is 0 Å². The number of pyridine rings is 1. The van der Waals surface area contributed by atoms with E-state index in [1.165, 1.54) is 6.07 Å². The maximum atomic E-state index is 11.5. The lowest BCUT2D eigenvalue weighted by atomic mass is 10.00. The Morgan fingerprint density at radius 3 is 2.52 bits per heavy atom. The number of halogens is 2. The third kappa shape index (κ3) is 4.03. The highest BCUT2D eigenvalue weighted by Gasteiger charge is 2.19. The molecular formula is C17H16Cl2N2O4. The first-order chi connectivity index (χ1) is 11.8. The highest BCUT2D eigenvalue weighted by molar-refractivity contribution is 6.44. The van der Waals surface area contributed by atoms with Crippen molar-refractivity contribution in [3.63, 3.8) is 0 Å². The number of carbonyl (C=O) groups excluding carboxylic acids is 1. The minimum atomic E-state index is -1.12. The summed E-state index contributed by atoms with van der Waals surface area (Å²) in [5.41, 5.74) is 8.14. The summed E-state index contributed by atoms with van der Waals surface area (Å²) in [6, 6.07) is 4.88. The molecule has 0 bridgehead atoms. The third-order valence-electron chi connectivity index (χ3n) is 3.59. The van der Waals surface area contributed by atoms with Crippen LogP contribution in [0.4, 0.5) is 0 Å². The van der Waals surface area contributed by atoms with Crippen LogP contribution >= 0.6 is 23.2 Å². The van der Waals surface area contributed by atoms with Gasteiger partial charge in [0.2, 0.25) is 0 Å². The van der Waals surface area contributed by atoms with Crippen LogP contribution in [-0.4, -0.2) is 28.6 Å². The molecule has 0 spiro atoms. The van der Waals surface area contributed by atoms with Gasteiger partial charge < -0.3 is 15.6 Å². The molecule has 0 radical (unpaired) electrons. The van der Waals surface area contributed by atoms with E-state index < -0.39 is 18.5 Å². The van der Waals surface area contributed by atoms with Crippen LogP contribution in [0.15, 0.2) is 18.2 Å². The van der Waals surface area contributed by atoms with Crippen molar-refractivity contribution in [3.05, 3.63) is 45.1 Å². The van der Waals surface area contributed by atoms with Crippen LogP contribution < -0.4 is 10.5 Å². The molecule has 1 aromatic carbocycles. The van der Waals surface area contributed by atoms with Crippen molar-refractivity contribution in [2.24, 2.45) is 5.73 Å². The molecule has 2 aromatic rings. The number of carbonyl (C=O) groups is 2. The van der Waals surface area contributed by atoms with E-state index in [0.29, 0.717) is 28.9 Å². The van der Waals surface area contributed by atoms with Crippen LogP contribution in [-0.2, 0) is 11.2 Å². The molecule has 3 N–H and O–H groups in total. The Morgan fingerprint density at radius 1 is 1.28 bits per heavy atom. The van der Waals surface area contributed by atoms with Crippen molar-refractivity contribution in [3.8, 4) is 17.0 Å². The molecular weight excluding hydrogens is 367 g/mol. The van der Waals surface area contributed by atoms with E-state index >= 15 is 0 Å². The second-order valence-electron chi connectivity index (χ2n) is 5.27. The summed E-state index contributed by atoms with van der Waals surface area (Å²) in [6.45, 7) is 3.07. The summed E-state index contributed by atoms with van der Waals surface area (Å²) in [7, 11) is 0. The number of carboxylic acid groups (broad SMARTS) is 1. The van der Waals surface area contributed by atoms with Crippen LogP contribution in [0, 0.1) is 6.92 Å². The summed E-state index contributed by atoms with van der Waals surface area (Å²) in [5.74, 6) is -1.50. The lowest BCUT2D eigenvalue weighted by Crippen LogP contribution is -2.15. The third-order valence-corrected chi connectivity index (χ3v) is 4.46. The highest BCUT2D eigenvalue weighted by Crippen LogP contribution is 2.40. The van der Waals surface area contributed by atoms with Gasteiger partial charge in [0.05, 0.1) is 22.0 Å². The van der Waals surface area contributed by atoms with Gasteiger partial charge in [-0.15, -0.1) is 0 Å². The highest BCUT2D eigenvalue weighted by atomic mass is 35.5. The lowest BCUT2D eigenvalue weighted by Gasteiger charge is -2.15. The van der Waals surface area contributed by atoms with Crippen molar-refractivity contribution < 1.29 is 19.4 Å². The Hall–Kier alpha value is -2.31. The average molecular weight is 383 g/mol. The SMILES string of the molecule is CCc1cc(C(N)=O)c(C)nc1-c1ccc(OCC(=O)O)c(Cl)c1Cl. The van der Waals surface area contributed by atoms with E-state index in [0.717, 1.165) is 5.56 Å². The summed E-state index contributed by atoms with van der Waals surface area (Å²) < 4.78 is 5.10. The number of benzene rings is 1. The van der Waals surface area contributed by atoms with E-state index in [9.17, 15) is 9.59 Å². The smallest absolute Gasteiger partial charge is 0.341 e. The number of aryl methyl sites for hydroxylation is 2. The van der Waals surface area contributed by atoms with Crippen LogP contribution in [0.1, 0.15) is 28.5 Å². The number of hydrogen-bond acceptors (Lipinski definition) is 4. The van der Waals surface area contributed by atoms with Gasteiger partial charge in [-0.25, -0.2) is 4.79 Å². The predicted molar refractivity (Wildman–Crippen MR) is 95.5 cm³/mol. The number of aliphatic carboxylic acids is 1. The van der Waals surface area contributed by atoms with Crippen molar-refractivity contribution in [1.29, 1.82) is 0 Å². The maximum Gasteiger partial charge on any atom is 0.341 e. The van der Waals surface area contributed by atoms with E-state index in [-0.39, 0.29) is 15.8 Å². The maximum absolute atomic E-state index is 11.5. The van der Waals surface area contributed by atoms with Crippen LogP contribution in [0.2, 0.25) is 10.0 Å². The van der Waals surface area contributed by atoms with E-state index in [2.05, 4.69) is 4.98 Å². The van der Waals surface area contributed by atoms with Crippen molar-refractivity contribution >= 4 is 35.1 Å². The molecule has 6 nitrogen and oxygen atoms in total. The number of primary amides is 1. The minimum absolute atomic E-state index is 0.0981. The number of ether oxygens (including phenoxy) is 1. The van der Waals surface area contributed by atoms with Gasteiger partial charge in [-0.05, 0) is 37.1 Å². The number of carboxylic acids is 1. The Labute approximate surface area is 154 Å². The zero-order valence-electron chi connectivity index (χ0n) is 13.6. The molecule has 0 unspecified atom stereocenters. The fraction of sp³-hybridized carbons (Fsp3) is 0.235. The molecule has 0 aliphatic carbocycles. The quantitative estimate of drug-likeness (QED) is 0.795. The van der Waals surface area contributed by atoms with Crippen molar-refractivity contribution in [2.75, 3.05) is 6.61 Å². The molecule has 0 saturated carbocycles. The molecule has 0 aliphatic rings. The Morgan fingerprint density at radius 2 is 1.96 bits per heavy atom. The topological polar surface area (TPSA) is 103 Å². The van der Waals surface area contributed by atoms with Crippen molar-refractivity contribution in [1.82, 2.24) is 4.98 Å². The number of nitrogens with zero attached hydrogens (tertiary/aromatic N) is 1. The van der Waals surface area contributed by atoms with Gasteiger partial charge in [-0.3, -0.25) is 9.78 Å². The summed E-state index contributed by atoms with van der Waals surface area (Å²) in [6.07, 6.45) is 0.605. The molecule has 1 heterocycles. The molecule has 1 amide bonds. The molecule has 8 heteroatoms. The Bertz CT molecular complexity index is 853. The largest absolute Gasteiger partial charge is 0.480 e. The predicted octanol–water partition coefficient (Wildman–Crippen LogP) is 3.49. The Kier molecular flexibility index (Phi) is 5.87. The monoisotopic (exact) mass is 382 g/mol. The Balaban J connectivity index is 2.55. The first-order valence-electron chi connectivity index (χ1n) is 7.39. The zero-order valence-corrected chi connectivity index (χ0v) is 15.1. The molecule has 1 aromatic heterocycles. The molecule has 0 aliphatic heterocycles. The van der Waals surface area contributed by atoms with E-state index in [1.54, 1.807) is 19.1 Å². The summed E-state index contributed by atoms with van der Waals surface area (Å²) in [4.78, 5) is 26.6. The number of hydrogen-bond donors (Lipinski definition) is 2. The number of rotatable bonds is 6. The van der Waals surface area contributed by atoms with Gasteiger partial charge in [-0.1, -0.05) is 30.1 Å². The van der Waals surface area contributed by atoms with Gasteiger partial charge in [0.25, 0.3) is 5.91 Å².